The van der Waals surface area contributed by atoms with Gasteiger partial charge >= 0.3 is 0 Å². The highest BCUT2D eigenvalue weighted by Crippen LogP contribution is 2.14. The molecule has 2 heterocycles. The molecule has 8 heteroatoms. The fraction of sp³-hybridized carbons (Fsp3) is 0.667. The Morgan fingerprint density at radius 2 is 2.47 bits per heavy atom. The first-order valence-corrected chi connectivity index (χ1v) is 6.85. The van der Waals surface area contributed by atoms with Gasteiger partial charge in [0.05, 0.1) is 19.4 Å². The van der Waals surface area contributed by atoms with Gasteiger partial charge in [-0.15, -0.1) is 0 Å². The zero-order valence-electron chi connectivity index (χ0n) is 9.22. The van der Waals surface area contributed by atoms with Crippen LogP contribution in [-0.4, -0.2) is 43.0 Å². The lowest BCUT2D eigenvalue weighted by Crippen LogP contribution is -2.40. The summed E-state index contributed by atoms with van der Waals surface area (Å²) >= 11 is 0. The largest absolute Gasteiger partial charge is 0.392 e. The van der Waals surface area contributed by atoms with Crippen molar-refractivity contribution in [3.63, 3.8) is 0 Å². The molecule has 3 N–H and O–H groups in total. The normalized spacial score (nSPS) is 21.6. The van der Waals surface area contributed by atoms with Gasteiger partial charge in [0, 0.05) is 18.2 Å². The topological polar surface area (TPSA) is 104 Å². The number of aromatic nitrogens is 2. The Balaban J connectivity index is 2.13. The van der Waals surface area contributed by atoms with Gasteiger partial charge in [-0.3, -0.25) is 5.10 Å². The smallest absolute Gasteiger partial charge is 0.258 e. The van der Waals surface area contributed by atoms with Crippen molar-refractivity contribution in [2.24, 2.45) is 0 Å². The molecular formula is C9H15N3O4S. The summed E-state index contributed by atoms with van der Waals surface area (Å²) in [6.45, 7) is 0.680. The molecule has 0 saturated carbocycles. The van der Waals surface area contributed by atoms with Gasteiger partial charge in [0.25, 0.3) is 10.0 Å². The first-order valence-electron chi connectivity index (χ1n) is 5.36. The predicted molar refractivity (Wildman–Crippen MR) is 58.7 cm³/mol. The Morgan fingerprint density at radius 1 is 1.65 bits per heavy atom. The highest BCUT2D eigenvalue weighted by Gasteiger charge is 2.25. The van der Waals surface area contributed by atoms with Crippen molar-refractivity contribution >= 4 is 10.0 Å². The van der Waals surface area contributed by atoms with E-state index in [0.717, 1.165) is 12.8 Å². The fourth-order valence-corrected chi connectivity index (χ4v) is 3.13. The van der Waals surface area contributed by atoms with Crippen LogP contribution < -0.4 is 4.72 Å². The average molecular weight is 261 g/mol. The molecule has 1 aromatic heterocycles. The fourth-order valence-electron chi connectivity index (χ4n) is 1.76. The highest BCUT2D eigenvalue weighted by molar-refractivity contribution is 7.89. The van der Waals surface area contributed by atoms with Crippen molar-refractivity contribution in [2.45, 2.75) is 30.5 Å². The summed E-state index contributed by atoms with van der Waals surface area (Å²) in [5.41, 5.74) is 0.259. The summed E-state index contributed by atoms with van der Waals surface area (Å²) in [7, 11) is -3.67. The van der Waals surface area contributed by atoms with Crippen molar-refractivity contribution in [3.8, 4) is 0 Å². The maximum Gasteiger partial charge on any atom is 0.258 e. The molecule has 7 nitrogen and oxygen atoms in total. The molecule has 1 fully saturated rings. The number of rotatable bonds is 4. The van der Waals surface area contributed by atoms with Crippen LogP contribution in [0.3, 0.4) is 0 Å². The molecule has 1 aliphatic rings. The molecule has 1 aliphatic heterocycles. The minimum absolute atomic E-state index is 0.0782. The summed E-state index contributed by atoms with van der Waals surface area (Å²) < 4.78 is 31.7. The van der Waals surface area contributed by atoms with Crippen LogP contribution in [0.4, 0.5) is 0 Å². The van der Waals surface area contributed by atoms with E-state index >= 15 is 0 Å². The van der Waals surface area contributed by atoms with Gasteiger partial charge in [0.1, 0.15) is 0 Å². The Kier molecular flexibility index (Phi) is 3.77. The first-order chi connectivity index (χ1) is 8.13. The first kappa shape index (κ1) is 12.5. The van der Waals surface area contributed by atoms with Gasteiger partial charge in [0.15, 0.2) is 5.03 Å². The standard InChI is InChI=1S/C9H15N3O4S/c13-5-7-4-10-11-9(7)17(14,15)12-8-2-1-3-16-6-8/h4,8,12-13H,1-3,5-6H2,(H,10,11). The average Bonchev–Trinajstić information content (AvgIpc) is 2.78. The number of nitrogens with one attached hydrogen (secondary N) is 2. The van der Waals surface area contributed by atoms with Crippen LogP contribution in [0.15, 0.2) is 11.2 Å². The van der Waals surface area contributed by atoms with Crippen molar-refractivity contribution < 1.29 is 18.3 Å². The van der Waals surface area contributed by atoms with Crippen LogP contribution in [-0.2, 0) is 21.4 Å². The van der Waals surface area contributed by atoms with Crippen LogP contribution in [0.25, 0.3) is 0 Å². The molecule has 1 aromatic rings. The Bertz CT molecular complexity index is 464. The van der Waals surface area contributed by atoms with E-state index in [4.69, 9.17) is 9.84 Å². The number of hydrogen-bond acceptors (Lipinski definition) is 5. The number of aliphatic hydroxyl groups excluding tert-OH is 1. The number of hydrogen-bond donors (Lipinski definition) is 3. The third kappa shape index (κ3) is 2.83. The van der Waals surface area contributed by atoms with E-state index < -0.39 is 10.0 Å². The van der Waals surface area contributed by atoms with Gasteiger partial charge in [-0.25, -0.2) is 13.1 Å². The lowest BCUT2D eigenvalue weighted by molar-refractivity contribution is 0.0774. The Hall–Kier alpha value is -0.960. The second-order valence-electron chi connectivity index (χ2n) is 3.92. The monoisotopic (exact) mass is 261 g/mol. The minimum atomic E-state index is -3.67. The quantitative estimate of drug-likeness (QED) is 0.668. The zero-order valence-corrected chi connectivity index (χ0v) is 10.0. The Labute approximate surface area is 99.2 Å². The molecule has 2 rings (SSSR count). The predicted octanol–water partition coefficient (Wildman–Crippen LogP) is -0.641. The number of H-pyrrole nitrogens is 1. The van der Waals surface area contributed by atoms with Gasteiger partial charge in [-0.1, -0.05) is 0 Å². The van der Waals surface area contributed by atoms with E-state index in [1.54, 1.807) is 0 Å². The van der Waals surface area contributed by atoms with Crippen molar-refractivity contribution in [1.29, 1.82) is 0 Å². The maximum absolute atomic E-state index is 12.0. The summed E-state index contributed by atoms with van der Waals surface area (Å²) in [5.74, 6) is 0. The van der Waals surface area contributed by atoms with E-state index in [-0.39, 0.29) is 23.2 Å². The molecule has 0 aliphatic carbocycles. The molecular weight excluding hydrogens is 246 g/mol. The van der Waals surface area contributed by atoms with E-state index in [9.17, 15) is 8.42 Å². The van der Waals surface area contributed by atoms with Crippen molar-refractivity contribution in [3.05, 3.63) is 11.8 Å². The van der Waals surface area contributed by atoms with E-state index in [1.165, 1.54) is 6.20 Å². The van der Waals surface area contributed by atoms with E-state index in [2.05, 4.69) is 14.9 Å². The zero-order chi connectivity index (χ0) is 12.3. The SMILES string of the molecule is O=S(=O)(NC1CCCOC1)c1[nH]ncc1CO. The second-order valence-corrected chi connectivity index (χ2v) is 5.57. The molecule has 1 atom stereocenters. The number of aliphatic hydroxyl groups is 1. The summed E-state index contributed by atoms with van der Waals surface area (Å²) in [6, 6.07) is -0.219. The summed E-state index contributed by atoms with van der Waals surface area (Å²) in [5, 5.41) is 14.9. The van der Waals surface area contributed by atoms with Crippen LogP contribution in [0, 0.1) is 0 Å². The van der Waals surface area contributed by atoms with Crippen LogP contribution in [0.1, 0.15) is 18.4 Å². The molecule has 17 heavy (non-hydrogen) atoms. The van der Waals surface area contributed by atoms with Crippen LogP contribution >= 0.6 is 0 Å². The molecule has 96 valence electrons. The van der Waals surface area contributed by atoms with Crippen LogP contribution in [0.2, 0.25) is 0 Å². The molecule has 0 amide bonds. The minimum Gasteiger partial charge on any atom is -0.392 e. The van der Waals surface area contributed by atoms with Gasteiger partial charge < -0.3 is 9.84 Å². The van der Waals surface area contributed by atoms with Crippen molar-refractivity contribution in [1.82, 2.24) is 14.9 Å². The molecule has 0 aromatic carbocycles. The van der Waals surface area contributed by atoms with E-state index in [1.807, 2.05) is 0 Å². The molecule has 0 bridgehead atoms. The third-order valence-corrected chi connectivity index (χ3v) is 4.13. The molecule has 1 unspecified atom stereocenters. The lowest BCUT2D eigenvalue weighted by Gasteiger charge is -2.22. The molecule has 1 saturated heterocycles. The summed E-state index contributed by atoms with van der Waals surface area (Å²) in [4.78, 5) is 0. The summed E-state index contributed by atoms with van der Waals surface area (Å²) in [6.07, 6.45) is 2.89. The second kappa shape index (κ2) is 5.13. The Morgan fingerprint density at radius 3 is 3.12 bits per heavy atom. The van der Waals surface area contributed by atoms with Crippen molar-refractivity contribution in [2.75, 3.05) is 13.2 Å². The lowest BCUT2D eigenvalue weighted by atomic mass is 10.1. The number of aromatic amines is 1. The third-order valence-electron chi connectivity index (χ3n) is 2.60. The van der Waals surface area contributed by atoms with Crippen LogP contribution in [0.5, 0.6) is 0 Å². The molecule has 0 radical (unpaired) electrons. The number of nitrogens with zero attached hydrogens (tertiary/aromatic N) is 1. The van der Waals surface area contributed by atoms with Gasteiger partial charge in [-0.05, 0) is 12.8 Å². The van der Waals surface area contributed by atoms with Gasteiger partial charge in [-0.2, -0.15) is 5.10 Å². The molecule has 0 spiro atoms. The number of ether oxygens (including phenoxy) is 1. The van der Waals surface area contributed by atoms with E-state index in [0.29, 0.717) is 13.2 Å². The van der Waals surface area contributed by atoms with Gasteiger partial charge in [0.2, 0.25) is 0 Å². The number of sulfonamides is 1. The maximum atomic E-state index is 12.0. The highest BCUT2D eigenvalue weighted by atomic mass is 32.2.